The second-order valence-corrected chi connectivity index (χ2v) is 5.67. The Morgan fingerprint density at radius 1 is 1.05 bits per heavy atom. The van der Waals surface area contributed by atoms with Crippen molar-refractivity contribution in [2.75, 3.05) is 26.3 Å². The van der Waals surface area contributed by atoms with Crippen molar-refractivity contribution in [3.8, 4) is 0 Å². The summed E-state index contributed by atoms with van der Waals surface area (Å²) in [5, 5.41) is 3.49. The van der Waals surface area contributed by atoms with Crippen molar-refractivity contribution in [1.82, 2.24) is 5.32 Å². The molecule has 0 aliphatic rings. The van der Waals surface area contributed by atoms with Gasteiger partial charge in [-0.15, -0.1) is 0 Å². The average Bonchev–Trinajstić information content (AvgIpc) is 2.42. The zero-order chi connectivity index (χ0) is 13.9. The van der Waals surface area contributed by atoms with E-state index < -0.39 is 0 Å². The second kappa shape index (κ2) is 9.99. The fourth-order valence-electron chi connectivity index (χ4n) is 2.01. The minimum atomic E-state index is 0.630. The predicted octanol–water partition coefficient (Wildman–Crippen LogP) is 3.83. The van der Waals surface area contributed by atoms with Crippen LogP contribution in [0.5, 0.6) is 0 Å². The van der Waals surface area contributed by atoms with E-state index in [4.69, 9.17) is 4.74 Å². The summed E-state index contributed by atoms with van der Waals surface area (Å²) < 4.78 is 5.55. The standard InChI is InChI=1S/C17H29NO/c1-15(2)14-19-13-7-11-18-12-10-16(3)17-8-5-4-6-9-17/h4-6,8-9,15-16,18H,7,10-14H2,1-3H3. The average molecular weight is 263 g/mol. The van der Waals surface area contributed by atoms with Crippen molar-refractivity contribution in [3.05, 3.63) is 35.9 Å². The summed E-state index contributed by atoms with van der Waals surface area (Å²) in [7, 11) is 0. The van der Waals surface area contributed by atoms with Gasteiger partial charge in [-0.05, 0) is 43.3 Å². The van der Waals surface area contributed by atoms with Crippen LogP contribution < -0.4 is 5.32 Å². The van der Waals surface area contributed by atoms with E-state index >= 15 is 0 Å². The van der Waals surface area contributed by atoms with E-state index in [0.29, 0.717) is 11.8 Å². The lowest BCUT2D eigenvalue weighted by Crippen LogP contribution is -2.19. The Bertz CT molecular complexity index is 310. The van der Waals surface area contributed by atoms with Gasteiger partial charge in [0.05, 0.1) is 0 Å². The van der Waals surface area contributed by atoms with E-state index in [1.165, 1.54) is 12.0 Å². The third kappa shape index (κ3) is 8.02. The van der Waals surface area contributed by atoms with Gasteiger partial charge in [-0.2, -0.15) is 0 Å². The lowest BCUT2D eigenvalue weighted by molar-refractivity contribution is 0.108. The van der Waals surface area contributed by atoms with Gasteiger partial charge in [0, 0.05) is 13.2 Å². The quantitative estimate of drug-likeness (QED) is 0.648. The highest BCUT2D eigenvalue weighted by molar-refractivity contribution is 5.18. The third-order valence-electron chi connectivity index (χ3n) is 3.22. The number of benzene rings is 1. The molecular formula is C17H29NO. The van der Waals surface area contributed by atoms with Crippen LogP contribution in [0.4, 0.5) is 0 Å². The van der Waals surface area contributed by atoms with Gasteiger partial charge in [-0.3, -0.25) is 0 Å². The van der Waals surface area contributed by atoms with Gasteiger partial charge in [-0.25, -0.2) is 0 Å². The molecule has 1 aromatic rings. The summed E-state index contributed by atoms with van der Waals surface area (Å²) in [6, 6.07) is 10.7. The fourth-order valence-corrected chi connectivity index (χ4v) is 2.01. The van der Waals surface area contributed by atoms with Crippen molar-refractivity contribution < 1.29 is 4.74 Å². The molecule has 1 atom stereocenters. The molecule has 1 aromatic carbocycles. The first kappa shape index (κ1) is 16.2. The second-order valence-electron chi connectivity index (χ2n) is 5.67. The molecule has 108 valence electrons. The third-order valence-corrected chi connectivity index (χ3v) is 3.22. The van der Waals surface area contributed by atoms with Crippen LogP contribution in [0.3, 0.4) is 0 Å². The molecule has 2 nitrogen and oxygen atoms in total. The Balaban J connectivity index is 1.96. The van der Waals surface area contributed by atoms with Crippen LogP contribution in [0, 0.1) is 5.92 Å². The molecule has 0 heterocycles. The largest absolute Gasteiger partial charge is 0.381 e. The molecule has 1 unspecified atom stereocenters. The summed E-state index contributed by atoms with van der Waals surface area (Å²) in [6.07, 6.45) is 2.29. The highest BCUT2D eigenvalue weighted by Crippen LogP contribution is 2.17. The molecule has 0 aliphatic carbocycles. The van der Waals surface area contributed by atoms with Crippen LogP contribution in [-0.2, 0) is 4.74 Å². The fraction of sp³-hybridized carbons (Fsp3) is 0.647. The molecule has 0 amide bonds. The molecule has 0 fully saturated rings. The molecule has 0 aliphatic heterocycles. The molecular weight excluding hydrogens is 234 g/mol. The Hall–Kier alpha value is -0.860. The van der Waals surface area contributed by atoms with Crippen molar-refractivity contribution in [1.29, 1.82) is 0 Å². The molecule has 2 heteroatoms. The molecule has 0 radical (unpaired) electrons. The van der Waals surface area contributed by atoms with Gasteiger partial charge in [0.2, 0.25) is 0 Å². The van der Waals surface area contributed by atoms with Gasteiger partial charge >= 0.3 is 0 Å². The van der Waals surface area contributed by atoms with Crippen LogP contribution in [0.2, 0.25) is 0 Å². The van der Waals surface area contributed by atoms with Gasteiger partial charge in [-0.1, -0.05) is 51.1 Å². The van der Waals surface area contributed by atoms with E-state index in [0.717, 1.165) is 32.7 Å². The normalized spacial score (nSPS) is 12.8. The van der Waals surface area contributed by atoms with Gasteiger partial charge in [0.25, 0.3) is 0 Å². The molecule has 0 saturated heterocycles. The first-order valence-electron chi connectivity index (χ1n) is 7.53. The zero-order valence-electron chi connectivity index (χ0n) is 12.7. The minimum absolute atomic E-state index is 0.630. The lowest BCUT2D eigenvalue weighted by Gasteiger charge is -2.12. The Kier molecular flexibility index (Phi) is 8.52. The van der Waals surface area contributed by atoms with Gasteiger partial charge < -0.3 is 10.1 Å². The van der Waals surface area contributed by atoms with Crippen molar-refractivity contribution in [2.24, 2.45) is 5.92 Å². The monoisotopic (exact) mass is 263 g/mol. The topological polar surface area (TPSA) is 21.3 Å². The van der Waals surface area contributed by atoms with Crippen LogP contribution in [0.1, 0.15) is 45.1 Å². The number of nitrogens with one attached hydrogen (secondary N) is 1. The summed E-state index contributed by atoms with van der Waals surface area (Å²) in [4.78, 5) is 0. The maximum Gasteiger partial charge on any atom is 0.0489 e. The number of rotatable bonds is 10. The molecule has 19 heavy (non-hydrogen) atoms. The van der Waals surface area contributed by atoms with E-state index in [1.807, 2.05) is 0 Å². The maximum atomic E-state index is 5.55. The number of hydrogen-bond acceptors (Lipinski definition) is 2. The van der Waals surface area contributed by atoms with Crippen molar-refractivity contribution >= 4 is 0 Å². The molecule has 0 saturated carbocycles. The number of ether oxygens (including phenoxy) is 1. The van der Waals surface area contributed by atoms with Crippen LogP contribution in [0.25, 0.3) is 0 Å². The molecule has 0 aromatic heterocycles. The van der Waals surface area contributed by atoms with E-state index in [-0.39, 0.29) is 0 Å². The highest BCUT2D eigenvalue weighted by atomic mass is 16.5. The summed E-state index contributed by atoms with van der Waals surface area (Å²) in [6.45, 7) is 10.6. The maximum absolute atomic E-state index is 5.55. The summed E-state index contributed by atoms with van der Waals surface area (Å²) in [5.74, 6) is 1.27. The number of hydrogen-bond donors (Lipinski definition) is 1. The van der Waals surface area contributed by atoms with Crippen LogP contribution in [-0.4, -0.2) is 26.3 Å². The Labute approximate surface area is 118 Å². The van der Waals surface area contributed by atoms with Gasteiger partial charge in [0.1, 0.15) is 0 Å². The lowest BCUT2D eigenvalue weighted by atomic mass is 9.98. The van der Waals surface area contributed by atoms with Crippen molar-refractivity contribution in [2.45, 2.75) is 39.5 Å². The van der Waals surface area contributed by atoms with Crippen molar-refractivity contribution in [3.63, 3.8) is 0 Å². The summed E-state index contributed by atoms with van der Waals surface area (Å²) in [5.41, 5.74) is 1.43. The molecule has 1 rings (SSSR count). The predicted molar refractivity (Wildman–Crippen MR) is 82.6 cm³/mol. The molecule has 1 N–H and O–H groups in total. The van der Waals surface area contributed by atoms with E-state index in [2.05, 4.69) is 56.4 Å². The van der Waals surface area contributed by atoms with E-state index in [1.54, 1.807) is 0 Å². The first-order chi connectivity index (χ1) is 9.20. The SMILES string of the molecule is CC(C)COCCCNCCC(C)c1ccccc1. The van der Waals surface area contributed by atoms with Gasteiger partial charge in [0.15, 0.2) is 0 Å². The zero-order valence-corrected chi connectivity index (χ0v) is 12.7. The molecule has 0 bridgehead atoms. The van der Waals surface area contributed by atoms with E-state index in [9.17, 15) is 0 Å². The Morgan fingerprint density at radius 2 is 1.79 bits per heavy atom. The Morgan fingerprint density at radius 3 is 2.47 bits per heavy atom. The summed E-state index contributed by atoms with van der Waals surface area (Å²) >= 11 is 0. The minimum Gasteiger partial charge on any atom is -0.381 e. The highest BCUT2D eigenvalue weighted by Gasteiger charge is 2.03. The van der Waals surface area contributed by atoms with Crippen LogP contribution >= 0.6 is 0 Å². The van der Waals surface area contributed by atoms with Crippen LogP contribution in [0.15, 0.2) is 30.3 Å². The smallest absolute Gasteiger partial charge is 0.0489 e. The molecule has 0 spiro atoms. The first-order valence-corrected chi connectivity index (χ1v) is 7.53.